The number of halogens is 1. The maximum atomic E-state index is 12.2. The van der Waals surface area contributed by atoms with Gasteiger partial charge in [-0.25, -0.2) is 13.2 Å². The minimum absolute atomic E-state index is 0.0176. The van der Waals surface area contributed by atoms with E-state index in [4.69, 9.17) is 9.84 Å². The summed E-state index contributed by atoms with van der Waals surface area (Å²) in [7, 11) is -3.54. The lowest BCUT2D eigenvalue weighted by Crippen LogP contribution is -2.33. The van der Waals surface area contributed by atoms with Crippen molar-refractivity contribution >= 4 is 37.6 Å². The van der Waals surface area contributed by atoms with Gasteiger partial charge in [0.15, 0.2) is 0 Å². The third-order valence-electron chi connectivity index (χ3n) is 3.01. The minimum Gasteiger partial charge on any atom is -0.478 e. The Morgan fingerprint density at radius 3 is 2.55 bits per heavy atom. The van der Waals surface area contributed by atoms with Gasteiger partial charge in [-0.3, -0.25) is 4.72 Å². The summed E-state index contributed by atoms with van der Waals surface area (Å²) in [5.74, 6) is -1.11. The fraction of sp³-hybridized carbons (Fsp3) is 0.417. The van der Waals surface area contributed by atoms with Gasteiger partial charge in [-0.1, -0.05) is 15.9 Å². The van der Waals surface area contributed by atoms with Crippen molar-refractivity contribution in [2.24, 2.45) is 0 Å². The van der Waals surface area contributed by atoms with Crippen LogP contribution in [0.4, 0.5) is 5.69 Å². The molecule has 1 heterocycles. The van der Waals surface area contributed by atoms with E-state index in [-0.39, 0.29) is 11.3 Å². The van der Waals surface area contributed by atoms with E-state index in [1.165, 1.54) is 18.2 Å². The van der Waals surface area contributed by atoms with Crippen molar-refractivity contribution in [2.75, 3.05) is 17.9 Å². The van der Waals surface area contributed by atoms with E-state index in [2.05, 4.69) is 20.7 Å². The molecule has 0 aliphatic carbocycles. The van der Waals surface area contributed by atoms with Crippen molar-refractivity contribution in [3.05, 3.63) is 28.2 Å². The van der Waals surface area contributed by atoms with Gasteiger partial charge in [0.1, 0.15) is 0 Å². The van der Waals surface area contributed by atoms with Crippen molar-refractivity contribution in [1.82, 2.24) is 0 Å². The first-order valence-electron chi connectivity index (χ1n) is 6.02. The Bertz CT molecular complexity index is 610. The van der Waals surface area contributed by atoms with Crippen LogP contribution in [0.1, 0.15) is 23.2 Å². The molecule has 1 aromatic rings. The quantitative estimate of drug-likeness (QED) is 0.853. The number of hydrogen-bond donors (Lipinski definition) is 2. The lowest BCUT2D eigenvalue weighted by atomic mass is 10.2. The van der Waals surface area contributed by atoms with Crippen LogP contribution >= 0.6 is 15.9 Å². The number of ether oxygens (including phenoxy) is 1. The van der Waals surface area contributed by atoms with Gasteiger partial charge in [0.2, 0.25) is 10.0 Å². The zero-order chi connectivity index (χ0) is 14.8. The van der Waals surface area contributed by atoms with Crippen molar-refractivity contribution in [3.63, 3.8) is 0 Å². The number of carbonyl (C=O) groups is 1. The molecule has 1 fully saturated rings. The highest BCUT2D eigenvalue weighted by atomic mass is 79.9. The Morgan fingerprint density at radius 1 is 1.30 bits per heavy atom. The van der Waals surface area contributed by atoms with Gasteiger partial charge in [-0.2, -0.15) is 0 Å². The molecule has 0 spiro atoms. The average molecular weight is 364 g/mol. The van der Waals surface area contributed by atoms with Gasteiger partial charge < -0.3 is 9.84 Å². The van der Waals surface area contributed by atoms with Crippen LogP contribution in [0.5, 0.6) is 0 Å². The number of carboxylic acids is 1. The molecule has 0 bridgehead atoms. The second kappa shape index (κ2) is 6.11. The molecule has 6 nitrogen and oxygen atoms in total. The van der Waals surface area contributed by atoms with Gasteiger partial charge >= 0.3 is 5.97 Å². The van der Waals surface area contributed by atoms with Crippen LogP contribution in [0.25, 0.3) is 0 Å². The maximum absolute atomic E-state index is 12.2. The van der Waals surface area contributed by atoms with Crippen LogP contribution in [0.15, 0.2) is 22.7 Å². The monoisotopic (exact) mass is 363 g/mol. The molecule has 0 atom stereocenters. The SMILES string of the molecule is O=C(O)c1cc(Br)cc(NS(=O)(=O)C2CCOCC2)c1. The molecule has 0 radical (unpaired) electrons. The molecular formula is C12H14BrNO5S. The van der Waals surface area contributed by atoms with Crippen molar-refractivity contribution in [1.29, 1.82) is 0 Å². The summed E-state index contributed by atoms with van der Waals surface area (Å²) in [6, 6.07) is 4.24. The van der Waals surface area contributed by atoms with Crippen LogP contribution in [-0.2, 0) is 14.8 Å². The zero-order valence-corrected chi connectivity index (χ0v) is 12.9. The van der Waals surface area contributed by atoms with E-state index in [0.29, 0.717) is 30.5 Å². The van der Waals surface area contributed by atoms with Gasteiger partial charge in [-0.15, -0.1) is 0 Å². The standard InChI is InChI=1S/C12H14BrNO5S/c13-9-5-8(12(15)16)6-10(7-9)14-20(17,18)11-1-3-19-4-2-11/h5-7,11,14H,1-4H2,(H,15,16). The molecule has 0 amide bonds. The second-order valence-corrected chi connectivity index (χ2v) is 7.37. The Labute approximate surface area is 125 Å². The van der Waals surface area contributed by atoms with E-state index in [9.17, 15) is 13.2 Å². The first-order valence-corrected chi connectivity index (χ1v) is 8.36. The highest BCUT2D eigenvalue weighted by molar-refractivity contribution is 9.10. The Kier molecular flexibility index (Phi) is 4.66. The molecule has 0 aromatic heterocycles. The Balaban J connectivity index is 2.22. The highest BCUT2D eigenvalue weighted by Crippen LogP contribution is 2.23. The molecule has 1 aliphatic rings. The molecule has 1 saturated heterocycles. The molecule has 20 heavy (non-hydrogen) atoms. The van der Waals surface area contributed by atoms with Crippen molar-refractivity contribution in [2.45, 2.75) is 18.1 Å². The molecule has 1 aromatic carbocycles. The summed E-state index contributed by atoms with van der Waals surface area (Å²) in [6.45, 7) is 0.842. The summed E-state index contributed by atoms with van der Waals surface area (Å²) in [5, 5.41) is 8.46. The third kappa shape index (κ3) is 3.71. The highest BCUT2D eigenvalue weighted by Gasteiger charge is 2.27. The van der Waals surface area contributed by atoms with Gasteiger partial charge in [-0.05, 0) is 31.0 Å². The van der Waals surface area contributed by atoms with Gasteiger partial charge in [0.25, 0.3) is 0 Å². The predicted molar refractivity (Wildman–Crippen MR) is 77.5 cm³/mol. The van der Waals surface area contributed by atoms with Crippen LogP contribution in [0.3, 0.4) is 0 Å². The van der Waals surface area contributed by atoms with Crippen LogP contribution in [0, 0.1) is 0 Å². The molecule has 0 unspecified atom stereocenters. The molecular weight excluding hydrogens is 350 g/mol. The third-order valence-corrected chi connectivity index (χ3v) is 5.34. The first-order chi connectivity index (χ1) is 9.38. The van der Waals surface area contributed by atoms with Crippen LogP contribution in [0.2, 0.25) is 0 Å². The lowest BCUT2D eigenvalue weighted by Gasteiger charge is -2.22. The number of hydrogen-bond acceptors (Lipinski definition) is 4. The van der Waals surface area contributed by atoms with Crippen molar-refractivity contribution in [3.8, 4) is 0 Å². The Morgan fingerprint density at radius 2 is 1.95 bits per heavy atom. The van der Waals surface area contributed by atoms with Gasteiger partial charge in [0.05, 0.1) is 16.5 Å². The minimum atomic E-state index is -3.54. The summed E-state index contributed by atoms with van der Waals surface area (Å²) in [4.78, 5) is 11.0. The number of sulfonamides is 1. The van der Waals surface area contributed by atoms with Crippen LogP contribution in [-0.4, -0.2) is 38.0 Å². The largest absolute Gasteiger partial charge is 0.478 e. The van der Waals surface area contributed by atoms with Crippen molar-refractivity contribution < 1.29 is 23.1 Å². The van der Waals surface area contributed by atoms with E-state index >= 15 is 0 Å². The first kappa shape index (κ1) is 15.3. The molecule has 0 saturated carbocycles. The summed E-state index contributed by atoms with van der Waals surface area (Å²) in [5.41, 5.74) is 0.257. The number of aromatic carboxylic acids is 1. The summed E-state index contributed by atoms with van der Waals surface area (Å²) >= 11 is 3.17. The maximum Gasteiger partial charge on any atom is 0.335 e. The fourth-order valence-corrected chi connectivity index (χ4v) is 3.93. The lowest BCUT2D eigenvalue weighted by molar-refractivity contribution is 0.0697. The predicted octanol–water partition coefficient (Wildman–Crippen LogP) is 2.07. The normalized spacial score (nSPS) is 16.9. The van der Waals surface area contributed by atoms with E-state index in [1.54, 1.807) is 0 Å². The van der Waals surface area contributed by atoms with E-state index < -0.39 is 21.2 Å². The molecule has 2 rings (SSSR count). The number of carboxylic acid groups (broad SMARTS) is 1. The number of nitrogens with one attached hydrogen (secondary N) is 1. The average Bonchev–Trinajstić information content (AvgIpc) is 2.38. The number of benzene rings is 1. The fourth-order valence-electron chi connectivity index (χ4n) is 2.01. The van der Waals surface area contributed by atoms with E-state index in [1.807, 2.05) is 0 Å². The number of rotatable bonds is 4. The molecule has 2 N–H and O–H groups in total. The smallest absolute Gasteiger partial charge is 0.335 e. The number of anilines is 1. The molecule has 8 heteroatoms. The molecule has 110 valence electrons. The van der Waals surface area contributed by atoms with Crippen LogP contribution < -0.4 is 4.72 Å². The Hall–Kier alpha value is -1.12. The molecule has 1 aliphatic heterocycles. The topological polar surface area (TPSA) is 92.7 Å². The zero-order valence-electron chi connectivity index (χ0n) is 10.5. The summed E-state index contributed by atoms with van der Waals surface area (Å²) in [6.07, 6.45) is 0.879. The van der Waals surface area contributed by atoms with E-state index in [0.717, 1.165) is 0 Å². The second-order valence-electron chi connectivity index (χ2n) is 4.49. The summed E-state index contributed by atoms with van der Waals surface area (Å²) < 4.78 is 32.5. The van der Waals surface area contributed by atoms with Gasteiger partial charge in [0, 0.05) is 17.7 Å².